The molecule has 3 rings (SSSR count). The maximum Gasteiger partial charge on any atom is 0.137 e. The van der Waals surface area contributed by atoms with Gasteiger partial charge in [0.05, 0.1) is 24.1 Å². The second-order valence-corrected chi connectivity index (χ2v) is 5.22. The van der Waals surface area contributed by atoms with Crippen LogP contribution in [0.2, 0.25) is 0 Å². The fraction of sp³-hybridized carbons (Fsp3) is 0.500. The zero-order valence-corrected chi connectivity index (χ0v) is 11.1. The maximum atomic E-state index is 5.77. The summed E-state index contributed by atoms with van der Waals surface area (Å²) in [5, 5.41) is 1.21. The number of pyridine rings is 1. The van der Waals surface area contributed by atoms with Crippen LogP contribution in [0.1, 0.15) is 19.4 Å². The molecule has 0 aromatic carbocycles. The summed E-state index contributed by atoms with van der Waals surface area (Å²) in [6.45, 7) is 8.21. The molecule has 1 saturated heterocycles. The van der Waals surface area contributed by atoms with Crippen LogP contribution in [-0.4, -0.2) is 35.3 Å². The number of H-pyrrole nitrogens is 1. The predicted octanol–water partition coefficient (Wildman–Crippen LogP) is 2.48. The third-order valence-electron chi connectivity index (χ3n) is 3.51. The van der Waals surface area contributed by atoms with E-state index in [4.69, 9.17) is 4.74 Å². The monoisotopic (exact) mass is 245 g/mol. The smallest absolute Gasteiger partial charge is 0.137 e. The molecule has 0 amide bonds. The van der Waals surface area contributed by atoms with Crippen LogP contribution in [0, 0.1) is 6.92 Å². The van der Waals surface area contributed by atoms with Crippen LogP contribution in [0.4, 0.5) is 5.69 Å². The number of hydrogen-bond donors (Lipinski definition) is 1. The van der Waals surface area contributed by atoms with Crippen molar-refractivity contribution >= 4 is 16.7 Å². The molecule has 1 aliphatic heterocycles. The number of fused-ring (bicyclic) bond motifs is 1. The number of hydrogen-bond acceptors (Lipinski definition) is 3. The van der Waals surface area contributed by atoms with E-state index in [0.29, 0.717) is 0 Å². The van der Waals surface area contributed by atoms with E-state index in [2.05, 4.69) is 41.7 Å². The van der Waals surface area contributed by atoms with E-state index in [1.54, 1.807) is 0 Å². The first-order chi connectivity index (χ1) is 8.63. The van der Waals surface area contributed by atoms with Crippen molar-refractivity contribution in [3.63, 3.8) is 0 Å². The molecule has 2 aromatic rings. The van der Waals surface area contributed by atoms with Gasteiger partial charge in [-0.2, -0.15) is 0 Å². The lowest BCUT2D eigenvalue weighted by Crippen LogP contribution is -2.45. The van der Waals surface area contributed by atoms with Gasteiger partial charge >= 0.3 is 0 Å². The number of nitrogens with zero attached hydrogens (tertiary/aromatic N) is 2. The summed E-state index contributed by atoms with van der Waals surface area (Å²) in [6.07, 6.45) is 4.50. The largest absolute Gasteiger partial charge is 0.372 e. The summed E-state index contributed by atoms with van der Waals surface area (Å²) in [5.41, 5.74) is 3.39. The van der Waals surface area contributed by atoms with Gasteiger partial charge in [0.2, 0.25) is 0 Å². The van der Waals surface area contributed by atoms with Gasteiger partial charge in [-0.15, -0.1) is 0 Å². The molecule has 2 aromatic heterocycles. The lowest BCUT2D eigenvalue weighted by molar-refractivity contribution is -0.00522. The number of rotatable bonds is 1. The Bertz CT molecular complexity index is 553. The maximum absolute atomic E-state index is 5.77. The van der Waals surface area contributed by atoms with Crippen LogP contribution >= 0.6 is 0 Å². The molecule has 1 unspecified atom stereocenters. The second-order valence-electron chi connectivity index (χ2n) is 5.22. The fourth-order valence-electron chi connectivity index (χ4n) is 2.69. The molecular weight excluding hydrogens is 226 g/mol. The molecule has 1 fully saturated rings. The molecule has 2 atom stereocenters. The van der Waals surface area contributed by atoms with Gasteiger partial charge in [-0.25, -0.2) is 4.98 Å². The Morgan fingerprint density at radius 3 is 2.78 bits per heavy atom. The average molecular weight is 245 g/mol. The van der Waals surface area contributed by atoms with Crippen LogP contribution in [0.3, 0.4) is 0 Å². The van der Waals surface area contributed by atoms with Gasteiger partial charge < -0.3 is 14.6 Å². The normalized spacial score (nSPS) is 24.7. The number of aromatic amines is 1. The number of morpholine rings is 1. The molecule has 4 heteroatoms. The quantitative estimate of drug-likeness (QED) is 0.839. The van der Waals surface area contributed by atoms with Gasteiger partial charge in [0, 0.05) is 24.7 Å². The number of aryl methyl sites for hydroxylation is 1. The third-order valence-corrected chi connectivity index (χ3v) is 3.51. The van der Waals surface area contributed by atoms with Crippen molar-refractivity contribution < 1.29 is 4.74 Å². The Morgan fingerprint density at radius 1 is 1.33 bits per heavy atom. The van der Waals surface area contributed by atoms with Crippen LogP contribution < -0.4 is 4.90 Å². The predicted molar refractivity (Wildman–Crippen MR) is 73.1 cm³/mol. The highest BCUT2D eigenvalue weighted by atomic mass is 16.5. The fourth-order valence-corrected chi connectivity index (χ4v) is 2.69. The Labute approximate surface area is 107 Å². The van der Waals surface area contributed by atoms with Crippen molar-refractivity contribution in [2.24, 2.45) is 0 Å². The molecule has 18 heavy (non-hydrogen) atoms. The Hall–Kier alpha value is -1.55. The zero-order valence-electron chi connectivity index (χ0n) is 11.1. The highest BCUT2D eigenvalue weighted by Gasteiger charge is 2.22. The second kappa shape index (κ2) is 4.28. The Balaban J connectivity index is 1.95. The minimum atomic E-state index is 0.275. The van der Waals surface area contributed by atoms with E-state index >= 15 is 0 Å². The molecule has 0 bridgehead atoms. The molecule has 1 N–H and O–H groups in total. The topological polar surface area (TPSA) is 41.2 Å². The van der Waals surface area contributed by atoms with Crippen LogP contribution in [0.5, 0.6) is 0 Å². The van der Waals surface area contributed by atoms with Crippen molar-refractivity contribution in [3.05, 3.63) is 24.0 Å². The molecule has 96 valence electrons. The van der Waals surface area contributed by atoms with E-state index in [1.807, 2.05) is 12.4 Å². The SMILES string of the molecule is Cc1c[nH]c2ncc(N3CC(C)O[C@H](C)C3)cc12. The lowest BCUT2D eigenvalue weighted by Gasteiger charge is -2.36. The summed E-state index contributed by atoms with van der Waals surface area (Å²) < 4.78 is 5.77. The van der Waals surface area contributed by atoms with Crippen LogP contribution in [0.25, 0.3) is 11.0 Å². The summed E-state index contributed by atoms with van der Waals surface area (Å²) >= 11 is 0. The highest BCUT2D eigenvalue weighted by molar-refractivity contribution is 5.82. The van der Waals surface area contributed by atoms with E-state index in [1.165, 1.54) is 16.6 Å². The minimum absolute atomic E-state index is 0.275. The number of nitrogens with one attached hydrogen (secondary N) is 1. The van der Waals surface area contributed by atoms with E-state index in [-0.39, 0.29) is 12.2 Å². The first-order valence-corrected chi connectivity index (χ1v) is 6.47. The van der Waals surface area contributed by atoms with Gasteiger partial charge in [-0.1, -0.05) is 0 Å². The van der Waals surface area contributed by atoms with Crippen molar-refractivity contribution in [2.45, 2.75) is 33.0 Å². The summed E-state index contributed by atoms with van der Waals surface area (Å²) in [7, 11) is 0. The summed E-state index contributed by atoms with van der Waals surface area (Å²) in [5.74, 6) is 0. The average Bonchev–Trinajstić information content (AvgIpc) is 2.69. The van der Waals surface area contributed by atoms with Crippen LogP contribution in [-0.2, 0) is 4.74 Å². The Kier molecular flexibility index (Phi) is 2.74. The highest BCUT2D eigenvalue weighted by Crippen LogP contribution is 2.24. The van der Waals surface area contributed by atoms with Gasteiger partial charge in [-0.3, -0.25) is 0 Å². The molecular formula is C14H19N3O. The van der Waals surface area contributed by atoms with Gasteiger partial charge in [0.1, 0.15) is 5.65 Å². The molecule has 0 saturated carbocycles. The molecule has 1 aliphatic rings. The van der Waals surface area contributed by atoms with Crippen LogP contribution in [0.15, 0.2) is 18.5 Å². The van der Waals surface area contributed by atoms with E-state index < -0.39 is 0 Å². The van der Waals surface area contributed by atoms with Crippen molar-refractivity contribution in [1.29, 1.82) is 0 Å². The first-order valence-electron chi connectivity index (χ1n) is 6.47. The van der Waals surface area contributed by atoms with Gasteiger partial charge in [0.25, 0.3) is 0 Å². The summed E-state index contributed by atoms with van der Waals surface area (Å²) in [6, 6.07) is 2.22. The molecule has 3 heterocycles. The van der Waals surface area contributed by atoms with Gasteiger partial charge in [0.15, 0.2) is 0 Å². The zero-order chi connectivity index (χ0) is 12.7. The van der Waals surface area contributed by atoms with Crippen molar-refractivity contribution in [1.82, 2.24) is 9.97 Å². The molecule has 4 nitrogen and oxygen atoms in total. The lowest BCUT2D eigenvalue weighted by atomic mass is 10.2. The minimum Gasteiger partial charge on any atom is -0.372 e. The Morgan fingerprint density at radius 2 is 2.06 bits per heavy atom. The molecule has 0 aliphatic carbocycles. The van der Waals surface area contributed by atoms with Crippen molar-refractivity contribution in [3.8, 4) is 0 Å². The van der Waals surface area contributed by atoms with E-state index in [0.717, 1.165) is 18.7 Å². The number of anilines is 1. The van der Waals surface area contributed by atoms with Crippen molar-refractivity contribution in [2.75, 3.05) is 18.0 Å². The summed E-state index contributed by atoms with van der Waals surface area (Å²) in [4.78, 5) is 10.0. The third kappa shape index (κ3) is 1.97. The number of ether oxygens (including phenoxy) is 1. The first kappa shape index (κ1) is 11.5. The standard InChI is InChI=1S/C14H19N3O/c1-9-5-15-14-13(9)4-12(6-16-14)17-7-10(2)18-11(3)8-17/h4-6,10-11H,7-8H2,1-3H3,(H,15,16)/t10-,11?/m1/s1. The van der Waals surface area contributed by atoms with Gasteiger partial charge in [-0.05, 0) is 32.4 Å². The number of aromatic nitrogens is 2. The molecule has 0 spiro atoms. The van der Waals surface area contributed by atoms with E-state index in [9.17, 15) is 0 Å². The molecule has 0 radical (unpaired) electrons.